The summed E-state index contributed by atoms with van der Waals surface area (Å²) in [5.74, 6) is 0.0669. The molecule has 0 radical (unpaired) electrons. The Morgan fingerprint density at radius 2 is 1.75 bits per heavy atom. The van der Waals surface area contributed by atoms with E-state index in [2.05, 4.69) is 30.2 Å². The van der Waals surface area contributed by atoms with Crippen molar-refractivity contribution in [3.8, 4) is 0 Å². The monoisotopic (exact) mass is 375 g/mol. The maximum absolute atomic E-state index is 12.6. The minimum atomic E-state index is 0.0669. The Morgan fingerprint density at radius 1 is 1.04 bits per heavy atom. The highest BCUT2D eigenvalue weighted by molar-refractivity contribution is 5.94. The molecule has 5 nitrogen and oxygen atoms in total. The van der Waals surface area contributed by atoms with Crippen LogP contribution in [0.3, 0.4) is 0 Å². The molecule has 144 valence electrons. The van der Waals surface area contributed by atoms with Crippen LogP contribution in [0.5, 0.6) is 0 Å². The first-order valence-corrected chi connectivity index (χ1v) is 9.63. The molecule has 2 aromatic carbocycles. The number of hydrogen-bond donors (Lipinski definition) is 0. The topological polar surface area (TPSA) is 47.4 Å². The fraction of sp³-hybridized carbons (Fsp3) is 0.304. The van der Waals surface area contributed by atoms with Gasteiger partial charge in [0, 0.05) is 24.3 Å². The van der Waals surface area contributed by atoms with E-state index in [1.807, 2.05) is 59.0 Å². The van der Waals surface area contributed by atoms with Gasteiger partial charge in [-0.3, -0.25) is 9.48 Å². The molecule has 3 aromatic rings. The van der Waals surface area contributed by atoms with Crippen LogP contribution in [0.25, 0.3) is 0 Å². The molecule has 0 N–H and O–H groups in total. The Bertz CT molecular complexity index is 942. The molecular weight excluding hydrogens is 350 g/mol. The van der Waals surface area contributed by atoms with E-state index in [0.29, 0.717) is 26.2 Å². The average Bonchev–Trinajstić information content (AvgIpc) is 2.98. The van der Waals surface area contributed by atoms with Gasteiger partial charge in [-0.1, -0.05) is 42.5 Å². The number of hydrogen-bond acceptors (Lipinski definition) is 3. The van der Waals surface area contributed by atoms with E-state index in [4.69, 9.17) is 4.74 Å². The molecule has 0 unspecified atom stereocenters. The summed E-state index contributed by atoms with van der Waals surface area (Å²) in [6, 6.07) is 20.0. The van der Waals surface area contributed by atoms with Crippen molar-refractivity contribution in [2.24, 2.45) is 0 Å². The maximum atomic E-state index is 12.6. The van der Waals surface area contributed by atoms with Crippen LogP contribution in [0.4, 0.5) is 0 Å². The zero-order valence-corrected chi connectivity index (χ0v) is 16.3. The van der Waals surface area contributed by atoms with Gasteiger partial charge in [0.15, 0.2) is 0 Å². The van der Waals surface area contributed by atoms with E-state index in [-0.39, 0.29) is 12.0 Å². The van der Waals surface area contributed by atoms with Crippen LogP contribution in [0.1, 0.15) is 32.9 Å². The molecule has 0 saturated carbocycles. The summed E-state index contributed by atoms with van der Waals surface area (Å²) in [7, 11) is 0. The van der Waals surface area contributed by atoms with Crippen LogP contribution in [0.15, 0.2) is 60.7 Å². The normalized spacial score (nSPS) is 14.1. The van der Waals surface area contributed by atoms with Gasteiger partial charge < -0.3 is 9.64 Å². The summed E-state index contributed by atoms with van der Waals surface area (Å²) in [6.07, 6.45) is 0.120. The van der Waals surface area contributed by atoms with Crippen LogP contribution >= 0.6 is 0 Å². The lowest BCUT2D eigenvalue weighted by atomic mass is 10.1. The van der Waals surface area contributed by atoms with Gasteiger partial charge in [0.25, 0.3) is 5.91 Å². The van der Waals surface area contributed by atoms with Gasteiger partial charge in [0.1, 0.15) is 0 Å². The minimum Gasteiger partial charge on any atom is -0.370 e. The van der Waals surface area contributed by atoms with Gasteiger partial charge in [0.05, 0.1) is 24.9 Å². The van der Waals surface area contributed by atoms with Crippen LogP contribution in [0.2, 0.25) is 0 Å². The number of ether oxygens (including phenoxy) is 1. The number of nitrogens with zero attached hydrogens (tertiary/aromatic N) is 3. The second-order valence-corrected chi connectivity index (χ2v) is 7.41. The van der Waals surface area contributed by atoms with Crippen molar-refractivity contribution in [3.63, 3.8) is 0 Å². The van der Waals surface area contributed by atoms with E-state index >= 15 is 0 Å². The van der Waals surface area contributed by atoms with Crippen molar-refractivity contribution in [1.82, 2.24) is 14.7 Å². The second-order valence-electron chi connectivity index (χ2n) is 7.41. The lowest BCUT2D eigenvalue weighted by Gasteiger charge is -2.39. The highest BCUT2D eigenvalue weighted by Crippen LogP contribution is 2.18. The third kappa shape index (κ3) is 4.15. The van der Waals surface area contributed by atoms with E-state index in [0.717, 1.165) is 28.1 Å². The zero-order valence-electron chi connectivity index (χ0n) is 16.3. The highest BCUT2D eigenvalue weighted by Gasteiger charge is 2.31. The predicted octanol–water partition coefficient (Wildman–Crippen LogP) is 3.59. The SMILES string of the molecule is Cc1cc(C)n(Cc2ccc(C(=O)N3CC(OCc4ccccc4)C3)cc2)n1. The molecule has 1 aliphatic heterocycles. The third-order valence-corrected chi connectivity index (χ3v) is 5.10. The quantitative estimate of drug-likeness (QED) is 0.661. The average molecular weight is 375 g/mol. The molecule has 1 aliphatic rings. The van der Waals surface area contributed by atoms with Crippen molar-refractivity contribution < 1.29 is 9.53 Å². The molecule has 5 heteroatoms. The zero-order chi connectivity index (χ0) is 19.5. The second kappa shape index (κ2) is 7.98. The van der Waals surface area contributed by atoms with Crippen molar-refractivity contribution in [3.05, 3.63) is 88.7 Å². The molecular formula is C23H25N3O2. The van der Waals surface area contributed by atoms with Crippen molar-refractivity contribution >= 4 is 5.91 Å². The van der Waals surface area contributed by atoms with E-state index in [9.17, 15) is 4.79 Å². The number of rotatable bonds is 6. The molecule has 2 heterocycles. The van der Waals surface area contributed by atoms with Crippen molar-refractivity contribution in [2.75, 3.05) is 13.1 Å². The number of aryl methyl sites for hydroxylation is 2. The summed E-state index contributed by atoms with van der Waals surface area (Å²) in [6.45, 7) is 6.66. The van der Waals surface area contributed by atoms with Gasteiger partial charge in [-0.2, -0.15) is 5.10 Å². The van der Waals surface area contributed by atoms with Crippen LogP contribution in [0, 0.1) is 13.8 Å². The van der Waals surface area contributed by atoms with Gasteiger partial charge >= 0.3 is 0 Å². The fourth-order valence-electron chi connectivity index (χ4n) is 3.44. The summed E-state index contributed by atoms with van der Waals surface area (Å²) in [5, 5.41) is 4.49. The molecule has 1 amide bonds. The Hall–Kier alpha value is -2.92. The molecule has 1 aromatic heterocycles. The summed E-state index contributed by atoms with van der Waals surface area (Å²) in [4.78, 5) is 14.5. The standard InChI is InChI=1S/C23H25N3O2/c1-17-12-18(2)26(24-17)13-19-8-10-21(11-9-19)23(27)25-14-22(15-25)28-16-20-6-4-3-5-7-20/h3-12,22H,13-16H2,1-2H3. The smallest absolute Gasteiger partial charge is 0.254 e. The van der Waals surface area contributed by atoms with Gasteiger partial charge in [-0.15, -0.1) is 0 Å². The van der Waals surface area contributed by atoms with Crippen LogP contribution in [-0.2, 0) is 17.9 Å². The molecule has 28 heavy (non-hydrogen) atoms. The van der Waals surface area contributed by atoms with Crippen molar-refractivity contribution in [1.29, 1.82) is 0 Å². The number of aromatic nitrogens is 2. The predicted molar refractivity (Wildman–Crippen MR) is 108 cm³/mol. The van der Waals surface area contributed by atoms with Crippen LogP contribution in [-0.4, -0.2) is 39.8 Å². The van der Waals surface area contributed by atoms with Crippen LogP contribution < -0.4 is 0 Å². The Balaban J connectivity index is 1.28. The number of carbonyl (C=O) groups is 1. The lowest BCUT2D eigenvalue weighted by molar-refractivity contribution is -0.0503. The van der Waals surface area contributed by atoms with Gasteiger partial charge in [-0.25, -0.2) is 0 Å². The highest BCUT2D eigenvalue weighted by atomic mass is 16.5. The number of amides is 1. The Morgan fingerprint density at radius 3 is 2.39 bits per heavy atom. The van der Waals surface area contributed by atoms with E-state index in [1.54, 1.807) is 0 Å². The lowest BCUT2D eigenvalue weighted by Crippen LogP contribution is -2.54. The first kappa shape index (κ1) is 18.4. The molecule has 0 atom stereocenters. The minimum absolute atomic E-state index is 0.0669. The molecule has 0 bridgehead atoms. The maximum Gasteiger partial charge on any atom is 0.254 e. The Kier molecular flexibility index (Phi) is 5.26. The number of likely N-dealkylation sites (tertiary alicyclic amines) is 1. The molecule has 0 aliphatic carbocycles. The summed E-state index contributed by atoms with van der Waals surface area (Å²) < 4.78 is 7.86. The van der Waals surface area contributed by atoms with E-state index in [1.165, 1.54) is 0 Å². The molecule has 1 saturated heterocycles. The molecule has 0 spiro atoms. The van der Waals surface area contributed by atoms with Crippen molar-refractivity contribution in [2.45, 2.75) is 33.1 Å². The van der Waals surface area contributed by atoms with Gasteiger partial charge in [0.2, 0.25) is 0 Å². The van der Waals surface area contributed by atoms with Gasteiger partial charge in [-0.05, 0) is 43.2 Å². The fourth-order valence-corrected chi connectivity index (χ4v) is 3.44. The largest absolute Gasteiger partial charge is 0.370 e. The summed E-state index contributed by atoms with van der Waals surface area (Å²) in [5.41, 5.74) is 5.17. The Labute approximate surface area is 165 Å². The first-order valence-electron chi connectivity index (χ1n) is 9.63. The first-order chi connectivity index (χ1) is 13.6. The summed E-state index contributed by atoms with van der Waals surface area (Å²) >= 11 is 0. The molecule has 4 rings (SSSR count). The third-order valence-electron chi connectivity index (χ3n) is 5.10. The number of carbonyl (C=O) groups excluding carboxylic acids is 1. The van der Waals surface area contributed by atoms with E-state index < -0.39 is 0 Å². The molecule has 1 fully saturated rings. The number of benzene rings is 2.